The first kappa shape index (κ1) is 60.4. The van der Waals surface area contributed by atoms with Crippen LogP contribution < -0.4 is 0 Å². The number of hydrogen-bond acceptors (Lipinski definition) is 6. The van der Waals surface area contributed by atoms with E-state index in [0.717, 1.165) is 75.5 Å². The minimum absolute atomic E-state index is 0.0641. The molecule has 0 fully saturated rings. The maximum absolute atomic E-state index is 12.8. The van der Waals surface area contributed by atoms with Gasteiger partial charge in [0.05, 0.1) is 0 Å². The Balaban J connectivity index is 4.32. The minimum Gasteiger partial charge on any atom is -0.462 e. The molecule has 0 aliphatic heterocycles. The second-order valence-corrected chi connectivity index (χ2v) is 20.4. The van der Waals surface area contributed by atoms with Crippen LogP contribution in [0.2, 0.25) is 0 Å². The molecule has 0 heterocycles. The maximum Gasteiger partial charge on any atom is 0.306 e. The van der Waals surface area contributed by atoms with Gasteiger partial charge in [-0.15, -0.1) is 0 Å². The lowest BCUT2D eigenvalue weighted by molar-refractivity contribution is -0.167. The van der Waals surface area contributed by atoms with Gasteiger partial charge in [-0.1, -0.05) is 266 Å². The van der Waals surface area contributed by atoms with E-state index in [1.165, 1.54) is 186 Å². The van der Waals surface area contributed by atoms with Crippen molar-refractivity contribution in [3.05, 3.63) is 0 Å². The van der Waals surface area contributed by atoms with Gasteiger partial charge in [0, 0.05) is 19.3 Å². The highest BCUT2D eigenvalue weighted by atomic mass is 16.6. The highest BCUT2D eigenvalue weighted by molar-refractivity contribution is 5.71. The molecule has 1 unspecified atom stereocenters. The standard InChI is InChI=1S/C56H108O6/c1-7-52(6)44-38-32-26-20-16-17-23-29-35-41-47-56(59)62-53(49-61-55(58)46-40-34-28-22-15-11-13-19-25-31-37-43-51(4)5)48-60-54(57)45-39-33-27-21-14-10-8-9-12-18-24-30-36-42-50(2)3/h50-53H,7-49H2,1-6H3/t52?,53-/m0/s1. The molecule has 0 saturated carbocycles. The number of hydrogen-bond donors (Lipinski definition) is 0. The van der Waals surface area contributed by atoms with Crippen LogP contribution in [0.15, 0.2) is 0 Å². The zero-order valence-electron chi connectivity index (χ0n) is 42.7. The van der Waals surface area contributed by atoms with E-state index in [9.17, 15) is 14.4 Å². The molecule has 0 rings (SSSR count). The average molecular weight is 877 g/mol. The van der Waals surface area contributed by atoms with Crippen LogP contribution in [0.1, 0.15) is 305 Å². The van der Waals surface area contributed by atoms with Crippen molar-refractivity contribution in [2.75, 3.05) is 13.2 Å². The Labute approximate surface area is 387 Å². The Morgan fingerprint density at radius 2 is 0.565 bits per heavy atom. The first-order valence-electron chi connectivity index (χ1n) is 27.6. The van der Waals surface area contributed by atoms with Crippen molar-refractivity contribution >= 4 is 17.9 Å². The Bertz CT molecular complexity index is 962. The summed E-state index contributed by atoms with van der Waals surface area (Å²) in [7, 11) is 0. The van der Waals surface area contributed by atoms with Crippen LogP contribution in [0.4, 0.5) is 0 Å². The molecule has 0 radical (unpaired) electrons. The van der Waals surface area contributed by atoms with Gasteiger partial charge in [0.25, 0.3) is 0 Å². The summed E-state index contributed by atoms with van der Waals surface area (Å²) in [5.41, 5.74) is 0. The molecular weight excluding hydrogens is 769 g/mol. The zero-order valence-corrected chi connectivity index (χ0v) is 42.7. The number of rotatable bonds is 49. The summed E-state index contributed by atoms with van der Waals surface area (Å²) >= 11 is 0. The lowest BCUT2D eigenvalue weighted by atomic mass is 9.99. The first-order chi connectivity index (χ1) is 30.1. The van der Waals surface area contributed by atoms with E-state index in [4.69, 9.17) is 14.2 Å². The fourth-order valence-electron chi connectivity index (χ4n) is 8.44. The van der Waals surface area contributed by atoms with Gasteiger partial charge in [-0.3, -0.25) is 14.4 Å². The van der Waals surface area contributed by atoms with Crippen LogP contribution in [-0.4, -0.2) is 37.2 Å². The third-order valence-corrected chi connectivity index (χ3v) is 13.0. The van der Waals surface area contributed by atoms with Crippen LogP contribution in [-0.2, 0) is 28.6 Å². The topological polar surface area (TPSA) is 78.9 Å². The van der Waals surface area contributed by atoms with Crippen molar-refractivity contribution in [3.8, 4) is 0 Å². The van der Waals surface area contributed by atoms with Crippen molar-refractivity contribution < 1.29 is 28.6 Å². The predicted molar refractivity (Wildman–Crippen MR) is 266 cm³/mol. The van der Waals surface area contributed by atoms with Crippen LogP contribution >= 0.6 is 0 Å². The van der Waals surface area contributed by atoms with E-state index in [0.29, 0.717) is 19.3 Å². The van der Waals surface area contributed by atoms with Crippen molar-refractivity contribution in [1.29, 1.82) is 0 Å². The molecular formula is C56H108O6. The van der Waals surface area contributed by atoms with Crippen molar-refractivity contribution in [1.82, 2.24) is 0 Å². The van der Waals surface area contributed by atoms with Crippen molar-refractivity contribution in [2.45, 2.75) is 311 Å². The molecule has 0 spiro atoms. The quantitative estimate of drug-likeness (QED) is 0.0344. The van der Waals surface area contributed by atoms with E-state index < -0.39 is 6.10 Å². The lowest BCUT2D eigenvalue weighted by Gasteiger charge is -2.18. The van der Waals surface area contributed by atoms with E-state index >= 15 is 0 Å². The second kappa shape index (κ2) is 47.4. The van der Waals surface area contributed by atoms with E-state index in [-0.39, 0.29) is 31.1 Å². The molecule has 0 N–H and O–H groups in total. The maximum atomic E-state index is 12.8. The largest absolute Gasteiger partial charge is 0.462 e. The predicted octanol–water partition coefficient (Wildman–Crippen LogP) is 17.9. The molecule has 0 aliphatic carbocycles. The molecule has 0 aromatic rings. The number of carbonyl (C=O) groups excluding carboxylic acids is 3. The summed E-state index contributed by atoms with van der Waals surface area (Å²) in [4.78, 5) is 38.1. The number of unbranched alkanes of at least 4 members (excludes halogenated alkanes) is 31. The summed E-state index contributed by atoms with van der Waals surface area (Å²) < 4.78 is 16.9. The first-order valence-corrected chi connectivity index (χ1v) is 27.6. The fraction of sp³-hybridized carbons (Fsp3) is 0.946. The van der Waals surface area contributed by atoms with E-state index in [1.807, 2.05) is 0 Å². The van der Waals surface area contributed by atoms with Crippen LogP contribution in [0, 0.1) is 17.8 Å². The fourth-order valence-corrected chi connectivity index (χ4v) is 8.44. The number of ether oxygens (including phenoxy) is 3. The molecule has 368 valence electrons. The third-order valence-electron chi connectivity index (χ3n) is 13.0. The summed E-state index contributed by atoms with van der Waals surface area (Å²) in [5, 5.41) is 0. The number of carbonyl (C=O) groups is 3. The molecule has 0 bridgehead atoms. The molecule has 0 amide bonds. The normalized spacial score (nSPS) is 12.6. The molecule has 6 nitrogen and oxygen atoms in total. The van der Waals surface area contributed by atoms with Gasteiger partial charge in [-0.05, 0) is 37.0 Å². The van der Waals surface area contributed by atoms with Gasteiger partial charge in [0.1, 0.15) is 13.2 Å². The van der Waals surface area contributed by atoms with Crippen LogP contribution in [0.25, 0.3) is 0 Å². The van der Waals surface area contributed by atoms with Gasteiger partial charge in [0.2, 0.25) is 0 Å². The van der Waals surface area contributed by atoms with Crippen LogP contribution in [0.5, 0.6) is 0 Å². The second-order valence-electron chi connectivity index (χ2n) is 20.4. The Hall–Kier alpha value is -1.59. The van der Waals surface area contributed by atoms with Gasteiger partial charge >= 0.3 is 17.9 Å². The third kappa shape index (κ3) is 47.9. The van der Waals surface area contributed by atoms with E-state index in [2.05, 4.69) is 41.5 Å². The van der Waals surface area contributed by atoms with Gasteiger partial charge in [0.15, 0.2) is 6.10 Å². The molecule has 0 aromatic heterocycles. The molecule has 0 aromatic carbocycles. The minimum atomic E-state index is -0.763. The summed E-state index contributed by atoms with van der Waals surface area (Å²) in [6.07, 6.45) is 48.0. The summed E-state index contributed by atoms with van der Waals surface area (Å²) in [6.45, 7) is 13.8. The Kier molecular flexibility index (Phi) is 46.2. The zero-order chi connectivity index (χ0) is 45.6. The summed E-state index contributed by atoms with van der Waals surface area (Å²) in [5.74, 6) is 1.69. The van der Waals surface area contributed by atoms with Gasteiger partial charge in [-0.2, -0.15) is 0 Å². The highest BCUT2D eigenvalue weighted by Gasteiger charge is 2.19. The lowest BCUT2D eigenvalue weighted by Crippen LogP contribution is -2.30. The Morgan fingerprint density at radius 3 is 0.839 bits per heavy atom. The van der Waals surface area contributed by atoms with E-state index in [1.54, 1.807) is 0 Å². The van der Waals surface area contributed by atoms with Crippen molar-refractivity contribution in [2.24, 2.45) is 17.8 Å². The van der Waals surface area contributed by atoms with Crippen molar-refractivity contribution in [3.63, 3.8) is 0 Å². The van der Waals surface area contributed by atoms with Gasteiger partial charge < -0.3 is 14.2 Å². The Morgan fingerprint density at radius 1 is 0.323 bits per heavy atom. The highest BCUT2D eigenvalue weighted by Crippen LogP contribution is 2.18. The summed E-state index contributed by atoms with van der Waals surface area (Å²) in [6, 6.07) is 0. The molecule has 62 heavy (non-hydrogen) atoms. The van der Waals surface area contributed by atoms with Crippen LogP contribution in [0.3, 0.4) is 0 Å². The molecule has 2 atom stereocenters. The average Bonchev–Trinajstić information content (AvgIpc) is 3.24. The molecule has 0 aliphatic rings. The monoisotopic (exact) mass is 877 g/mol. The van der Waals surface area contributed by atoms with Gasteiger partial charge in [-0.25, -0.2) is 0 Å². The SMILES string of the molecule is CCC(C)CCCCCCCCCCCCC(=O)O[C@@H](COC(=O)CCCCCCCCCCCCCCCC(C)C)COC(=O)CCCCCCCCCCCCCC(C)C. The molecule has 0 saturated heterocycles. The molecule has 6 heteroatoms. The smallest absolute Gasteiger partial charge is 0.306 e. The number of esters is 3.